The van der Waals surface area contributed by atoms with Gasteiger partial charge in [0.2, 0.25) is 0 Å². The topological polar surface area (TPSA) is 0 Å². The molecule has 2 atom stereocenters. The van der Waals surface area contributed by atoms with E-state index < -0.39 is 0 Å². The molecule has 70 valence electrons. The van der Waals surface area contributed by atoms with E-state index >= 15 is 0 Å². The smallest absolute Gasteiger partial charge is 0.0928 e. The van der Waals surface area contributed by atoms with Gasteiger partial charge in [0.05, 0.1) is 6.67 Å². The molecule has 2 unspecified atom stereocenters. The molecule has 1 fully saturated rings. The van der Waals surface area contributed by atoms with E-state index in [1.54, 1.807) is 0 Å². The van der Waals surface area contributed by atoms with Gasteiger partial charge in [-0.15, -0.1) is 0 Å². The molecule has 1 aromatic rings. The zero-order chi connectivity index (χ0) is 9.26. The van der Waals surface area contributed by atoms with Gasteiger partial charge >= 0.3 is 0 Å². The van der Waals surface area contributed by atoms with Crippen LogP contribution in [0.3, 0.4) is 0 Å². The van der Waals surface area contributed by atoms with E-state index in [-0.39, 0.29) is 12.6 Å². The first kappa shape index (κ1) is 9.20. The molecular weight excluding hydrogens is 231 g/mol. The predicted molar refractivity (Wildman–Crippen MR) is 55.6 cm³/mol. The molecule has 0 bridgehead atoms. The monoisotopic (exact) mass is 242 g/mol. The fourth-order valence-corrected chi connectivity index (χ4v) is 2.52. The highest BCUT2D eigenvalue weighted by Gasteiger charge is 2.32. The Bertz CT molecular complexity index is 296. The largest absolute Gasteiger partial charge is 0.251 e. The van der Waals surface area contributed by atoms with Crippen LogP contribution in [0.25, 0.3) is 0 Å². The first-order valence-corrected chi connectivity index (χ1v) is 5.42. The molecule has 2 heteroatoms. The first-order valence-electron chi connectivity index (χ1n) is 4.63. The molecular formula is C11H12BrF. The Morgan fingerprint density at radius 2 is 2.08 bits per heavy atom. The fraction of sp³-hybridized carbons (Fsp3) is 0.455. The Morgan fingerprint density at radius 3 is 2.62 bits per heavy atom. The van der Waals surface area contributed by atoms with Crippen LogP contribution in [0.2, 0.25) is 0 Å². The minimum atomic E-state index is -0.175. The number of rotatable bonds is 2. The lowest BCUT2D eigenvalue weighted by atomic mass is 9.71. The number of alkyl halides is 1. The van der Waals surface area contributed by atoms with Crippen molar-refractivity contribution >= 4 is 15.9 Å². The maximum Gasteiger partial charge on any atom is 0.0928 e. The Labute approximate surface area is 86.3 Å². The zero-order valence-electron chi connectivity index (χ0n) is 7.34. The van der Waals surface area contributed by atoms with Crippen molar-refractivity contribution in [3.05, 3.63) is 34.3 Å². The molecule has 0 aromatic heterocycles. The van der Waals surface area contributed by atoms with Crippen LogP contribution in [0.15, 0.2) is 28.7 Å². The van der Waals surface area contributed by atoms with Gasteiger partial charge in [0.15, 0.2) is 0 Å². The van der Waals surface area contributed by atoms with Crippen molar-refractivity contribution in [2.24, 2.45) is 5.92 Å². The molecule has 2 rings (SSSR count). The van der Waals surface area contributed by atoms with E-state index in [4.69, 9.17) is 0 Å². The SMILES string of the molecule is FCC1CCC1c1ccccc1Br. The summed E-state index contributed by atoms with van der Waals surface area (Å²) in [4.78, 5) is 0. The van der Waals surface area contributed by atoms with E-state index in [0.29, 0.717) is 5.92 Å². The van der Waals surface area contributed by atoms with Crippen molar-refractivity contribution in [2.45, 2.75) is 18.8 Å². The summed E-state index contributed by atoms with van der Waals surface area (Å²) < 4.78 is 13.6. The summed E-state index contributed by atoms with van der Waals surface area (Å²) in [7, 11) is 0. The Hall–Kier alpha value is -0.370. The Kier molecular flexibility index (Phi) is 2.68. The minimum absolute atomic E-state index is 0.175. The standard InChI is InChI=1S/C11H12BrF/c12-11-4-2-1-3-10(11)9-6-5-8(9)7-13/h1-4,8-9H,5-7H2. The van der Waals surface area contributed by atoms with E-state index in [2.05, 4.69) is 22.0 Å². The zero-order valence-corrected chi connectivity index (χ0v) is 8.93. The average Bonchev–Trinajstić information content (AvgIpc) is 2.08. The second-order valence-electron chi connectivity index (χ2n) is 3.62. The summed E-state index contributed by atoms with van der Waals surface area (Å²) in [6.45, 7) is -0.175. The first-order chi connectivity index (χ1) is 6.33. The van der Waals surface area contributed by atoms with E-state index in [1.165, 1.54) is 5.56 Å². The van der Waals surface area contributed by atoms with Crippen LogP contribution in [-0.2, 0) is 0 Å². The maximum atomic E-state index is 12.5. The summed E-state index contributed by atoms with van der Waals surface area (Å²) in [6, 6.07) is 8.14. The summed E-state index contributed by atoms with van der Waals surface area (Å²) in [6.07, 6.45) is 2.18. The van der Waals surface area contributed by atoms with Crippen LogP contribution in [0, 0.1) is 5.92 Å². The quantitative estimate of drug-likeness (QED) is 0.738. The molecule has 0 nitrogen and oxygen atoms in total. The van der Waals surface area contributed by atoms with Gasteiger partial charge in [-0.3, -0.25) is 4.39 Å². The molecule has 0 aliphatic heterocycles. The van der Waals surface area contributed by atoms with Crippen LogP contribution in [0.5, 0.6) is 0 Å². The van der Waals surface area contributed by atoms with Gasteiger partial charge in [0.1, 0.15) is 0 Å². The van der Waals surface area contributed by atoms with Crippen LogP contribution in [0.4, 0.5) is 4.39 Å². The predicted octanol–water partition coefficient (Wildman–Crippen LogP) is 3.91. The third-order valence-electron chi connectivity index (χ3n) is 2.92. The molecule has 0 heterocycles. The molecule has 0 N–H and O–H groups in total. The Morgan fingerprint density at radius 1 is 1.31 bits per heavy atom. The van der Waals surface area contributed by atoms with Crippen molar-refractivity contribution in [3.8, 4) is 0 Å². The van der Waals surface area contributed by atoms with Gasteiger partial charge < -0.3 is 0 Å². The maximum absolute atomic E-state index is 12.5. The molecule has 0 amide bonds. The Balaban J connectivity index is 2.21. The third-order valence-corrected chi connectivity index (χ3v) is 3.64. The highest BCUT2D eigenvalue weighted by atomic mass is 79.9. The average molecular weight is 243 g/mol. The molecule has 1 aliphatic rings. The molecule has 0 radical (unpaired) electrons. The number of hydrogen-bond acceptors (Lipinski definition) is 0. The molecule has 1 saturated carbocycles. The summed E-state index contributed by atoms with van der Waals surface area (Å²) in [5, 5.41) is 0. The molecule has 13 heavy (non-hydrogen) atoms. The molecule has 0 spiro atoms. The van der Waals surface area contributed by atoms with Crippen LogP contribution < -0.4 is 0 Å². The van der Waals surface area contributed by atoms with Crippen molar-refractivity contribution in [3.63, 3.8) is 0 Å². The fourth-order valence-electron chi connectivity index (χ4n) is 1.94. The second kappa shape index (κ2) is 3.79. The van der Waals surface area contributed by atoms with Crippen molar-refractivity contribution in [1.29, 1.82) is 0 Å². The highest BCUT2D eigenvalue weighted by molar-refractivity contribution is 9.10. The summed E-state index contributed by atoms with van der Waals surface area (Å²) in [5.74, 6) is 0.708. The van der Waals surface area contributed by atoms with E-state index in [1.807, 2.05) is 18.2 Å². The van der Waals surface area contributed by atoms with Crippen molar-refractivity contribution < 1.29 is 4.39 Å². The molecule has 0 saturated heterocycles. The molecule has 1 aliphatic carbocycles. The second-order valence-corrected chi connectivity index (χ2v) is 4.47. The lowest BCUT2D eigenvalue weighted by Crippen LogP contribution is -2.25. The number of benzene rings is 1. The lowest BCUT2D eigenvalue weighted by Gasteiger charge is -2.35. The number of halogens is 2. The van der Waals surface area contributed by atoms with Gasteiger partial charge in [0.25, 0.3) is 0 Å². The highest BCUT2D eigenvalue weighted by Crippen LogP contribution is 2.44. The van der Waals surface area contributed by atoms with Gasteiger partial charge in [-0.05, 0) is 36.3 Å². The van der Waals surface area contributed by atoms with Crippen LogP contribution >= 0.6 is 15.9 Å². The number of hydrogen-bond donors (Lipinski definition) is 0. The lowest BCUT2D eigenvalue weighted by molar-refractivity contribution is 0.199. The van der Waals surface area contributed by atoms with Gasteiger partial charge in [-0.1, -0.05) is 34.1 Å². The van der Waals surface area contributed by atoms with Crippen molar-refractivity contribution in [2.75, 3.05) is 6.67 Å². The van der Waals surface area contributed by atoms with E-state index in [0.717, 1.165) is 17.3 Å². The summed E-state index contributed by atoms with van der Waals surface area (Å²) in [5.41, 5.74) is 1.27. The third kappa shape index (κ3) is 1.64. The van der Waals surface area contributed by atoms with Gasteiger partial charge in [0, 0.05) is 4.47 Å². The molecule has 1 aromatic carbocycles. The summed E-state index contributed by atoms with van der Waals surface area (Å²) >= 11 is 3.51. The van der Waals surface area contributed by atoms with Crippen molar-refractivity contribution in [1.82, 2.24) is 0 Å². The van der Waals surface area contributed by atoms with Crippen LogP contribution in [-0.4, -0.2) is 6.67 Å². The minimum Gasteiger partial charge on any atom is -0.251 e. The van der Waals surface area contributed by atoms with Crippen LogP contribution in [0.1, 0.15) is 24.3 Å². The van der Waals surface area contributed by atoms with E-state index in [9.17, 15) is 4.39 Å². The van der Waals surface area contributed by atoms with Gasteiger partial charge in [-0.2, -0.15) is 0 Å². The normalized spacial score (nSPS) is 26.9. The van der Waals surface area contributed by atoms with Gasteiger partial charge in [-0.25, -0.2) is 0 Å².